The summed E-state index contributed by atoms with van der Waals surface area (Å²) in [6.07, 6.45) is -0.508. The molecule has 9 heteroatoms. The molecule has 0 saturated heterocycles. The van der Waals surface area contributed by atoms with E-state index in [9.17, 15) is 24.3 Å². The molecule has 1 aliphatic rings. The number of esters is 1. The lowest BCUT2D eigenvalue weighted by Crippen LogP contribution is -2.54. The average molecular weight is 499 g/mol. The van der Waals surface area contributed by atoms with Crippen LogP contribution in [0, 0.1) is 5.92 Å². The van der Waals surface area contributed by atoms with E-state index in [-0.39, 0.29) is 36.6 Å². The largest absolute Gasteiger partial charge is 0.480 e. The molecule has 0 aliphatic heterocycles. The summed E-state index contributed by atoms with van der Waals surface area (Å²) >= 11 is 0. The van der Waals surface area contributed by atoms with E-state index in [2.05, 4.69) is 0 Å². The van der Waals surface area contributed by atoms with E-state index in [4.69, 9.17) is 9.47 Å². The smallest absolute Gasteiger partial charge is 0.334 e. The zero-order chi connectivity index (χ0) is 26.8. The molecule has 1 N–H and O–H groups in total. The molecule has 0 amide bonds. The van der Waals surface area contributed by atoms with Crippen LogP contribution in [0.3, 0.4) is 0 Å². The number of carboxylic acids is 1. The van der Waals surface area contributed by atoms with Gasteiger partial charge in [0.15, 0.2) is 0 Å². The third-order valence-electron chi connectivity index (χ3n) is 6.38. The minimum atomic E-state index is -1.82. The Morgan fingerprint density at radius 3 is 2.33 bits per heavy atom. The van der Waals surface area contributed by atoms with Gasteiger partial charge >= 0.3 is 17.6 Å². The van der Waals surface area contributed by atoms with Crippen molar-refractivity contribution in [2.75, 3.05) is 13.2 Å². The summed E-state index contributed by atoms with van der Waals surface area (Å²) in [6.45, 7) is 10.6. The second kappa shape index (κ2) is 10.7. The summed E-state index contributed by atoms with van der Waals surface area (Å²) in [5, 5.41) is 9.85. The van der Waals surface area contributed by atoms with Gasteiger partial charge in [0.1, 0.15) is 11.6 Å². The topological polar surface area (TPSA) is 117 Å². The molecule has 0 unspecified atom stereocenters. The lowest BCUT2D eigenvalue weighted by atomic mass is 10.0. The number of aromatic nitrogens is 2. The van der Waals surface area contributed by atoms with Crippen molar-refractivity contribution in [1.29, 1.82) is 0 Å². The number of nitrogens with zero attached hydrogens (tertiary/aromatic N) is 2. The van der Waals surface area contributed by atoms with Crippen LogP contribution in [0.15, 0.2) is 45.5 Å². The first kappa shape index (κ1) is 27.1. The number of carbonyl (C=O) groups is 2. The first-order valence-corrected chi connectivity index (χ1v) is 12.1. The fraction of sp³-hybridized carbons (Fsp3) is 0.481. The van der Waals surface area contributed by atoms with Crippen molar-refractivity contribution < 1.29 is 24.2 Å². The standard InChI is InChI=1S/C27H34N2O7/c1-7-35-24(31)19-13-20-22(17(19)4)23(30)29(27(5,6)25(32)33)26(34)28(20)14-21(36-15-16(2)3)18-11-9-8-10-12-18/h8-12,16,21H,7,13-15H2,1-6H3,(H,32,33)/t21-/m1/s1. The number of ether oxygens (including phenoxy) is 2. The molecule has 194 valence electrons. The maximum Gasteiger partial charge on any atom is 0.334 e. The summed E-state index contributed by atoms with van der Waals surface area (Å²) < 4.78 is 13.5. The number of hydrogen-bond donors (Lipinski definition) is 1. The number of carbonyl (C=O) groups excluding carboxylic acids is 1. The minimum Gasteiger partial charge on any atom is -0.480 e. The van der Waals surface area contributed by atoms with Crippen LogP contribution in [0.1, 0.15) is 64.5 Å². The summed E-state index contributed by atoms with van der Waals surface area (Å²) in [7, 11) is 0. The Balaban J connectivity index is 2.26. The van der Waals surface area contributed by atoms with Gasteiger partial charge in [-0.25, -0.2) is 19.0 Å². The zero-order valence-electron chi connectivity index (χ0n) is 21.7. The molecule has 1 heterocycles. The number of rotatable bonds is 10. The Bertz CT molecular complexity index is 1300. The molecule has 0 spiro atoms. The van der Waals surface area contributed by atoms with Crippen LogP contribution in [0.4, 0.5) is 0 Å². The molecule has 0 saturated carbocycles. The summed E-state index contributed by atoms with van der Waals surface area (Å²) in [6, 6.07) is 9.39. The maximum atomic E-state index is 13.8. The van der Waals surface area contributed by atoms with Crippen LogP contribution < -0.4 is 11.2 Å². The van der Waals surface area contributed by atoms with Crippen molar-refractivity contribution in [3.05, 3.63) is 73.6 Å². The summed E-state index contributed by atoms with van der Waals surface area (Å²) in [5.74, 6) is -1.66. The van der Waals surface area contributed by atoms with E-state index in [0.717, 1.165) is 10.1 Å². The summed E-state index contributed by atoms with van der Waals surface area (Å²) in [4.78, 5) is 52.1. The van der Waals surface area contributed by atoms with Crippen molar-refractivity contribution in [3.63, 3.8) is 0 Å². The molecule has 1 aliphatic carbocycles. The van der Waals surface area contributed by atoms with E-state index in [1.807, 2.05) is 44.2 Å². The molecular weight excluding hydrogens is 464 g/mol. The lowest BCUT2D eigenvalue weighted by Gasteiger charge is -2.27. The fourth-order valence-electron chi connectivity index (χ4n) is 4.32. The van der Waals surface area contributed by atoms with Crippen LogP contribution >= 0.6 is 0 Å². The molecule has 0 radical (unpaired) electrons. The Kier molecular flexibility index (Phi) is 8.03. The monoisotopic (exact) mass is 498 g/mol. The van der Waals surface area contributed by atoms with Gasteiger partial charge in [0.2, 0.25) is 0 Å². The van der Waals surface area contributed by atoms with Crippen LogP contribution in [-0.2, 0) is 37.6 Å². The molecule has 1 aromatic carbocycles. The van der Waals surface area contributed by atoms with Gasteiger partial charge in [-0.2, -0.15) is 0 Å². The summed E-state index contributed by atoms with van der Waals surface area (Å²) in [5.41, 5.74) is -1.31. The van der Waals surface area contributed by atoms with Crippen molar-refractivity contribution >= 4 is 17.5 Å². The van der Waals surface area contributed by atoms with E-state index in [1.165, 1.54) is 18.4 Å². The van der Waals surface area contributed by atoms with Gasteiger partial charge in [-0.1, -0.05) is 44.2 Å². The van der Waals surface area contributed by atoms with Gasteiger partial charge in [0.05, 0.1) is 18.7 Å². The quantitative estimate of drug-likeness (QED) is 0.500. The minimum absolute atomic E-state index is 0.0323. The Morgan fingerprint density at radius 1 is 1.14 bits per heavy atom. The van der Waals surface area contributed by atoms with Gasteiger partial charge in [-0.15, -0.1) is 0 Å². The highest BCUT2D eigenvalue weighted by molar-refractivity contribution is 6.00. The number of aliphatic carboxylic acids is 1. The number of benzene rings is 1. The molecule has 2 aromatic rings. The Hall–Kier alpha value is -3.46. The lowest BCUT2D eigenvalue weighted by molar-refractivity contribution is -0.146. The van der Waals surface area contributed by atoms with Crippen molar-refractivity contribution in [2.45, 2.75) is 66.2 Å². The highest BCUT2D eigenvalue weighted by atomic mass is 16.5. The molecule has 0 fully saturated rings. The van der Waals surface area contributed by atoms with Gasteiger partial charge in [-0.3, -0.25) is 9.36 Å². The zero-order valence-corrected chi connectivity index (χ0v) is 21.7. The van der Waals surface area contributed by atoms with E-state index < -0.39 is 34.8 Å². The van der Waals surface area contributed by atoms with E-state index in [0.29, 0.717) is 17.9 Å². The third-order valence-corrected chi connectivity index (χ3v) is 6.38. The van der Waals surface area contributed by atoms with Gasteiger partial charge in [0, 0.05) is 24.3 Å². The number of fused-ring (bicyclic) bond motifs is 1. The molecule has 3 rings (SSSR count). The predicted molar refractivity (Wildman–Crippen MR) is 135 cm³/mol. The molecule has 0 bridgehead atoms. The first-order valence-electron chi connectivity index (χ1n) is 12.1. The van der Waals surface area contributed by atoms with Gasteiger partial charge < -0.3 is 14.6 Å². The molecule has 1 aromatic heterocycles. The van der Waals surface area contributed by atoms with Gasteiger partial charge in [0.25, 0.3) is 5.56 Å². The van der Waals surface area contributed by atoms with E-state index in [1.54, 1.807) is 13.8 Å². The van der Waals surface area contributed by atoms with Crippen molar-refractivity contribution in [2.24, 2.45) is 5.92 Å². The van der Waals surface area contributed by atoms with Crippen LogP contribution in [0.5, 0.6) is 0 Å². The number of hydrogen-bond acceptors (Lipinski definition) is 6. The van der Waals surface area contributed by atoms with Crippen molar-refractivity contribution in [1.82, 2.24) is 9.13 Å². The Morgan fingerprint density at radius 2 is 1.78 bits per heavy atom. The predicted octanol–water partition coefficient (Wildman–Crippen LogP) is 3.14. The highest BCUT2D eigenvalue weighted by Crippen LogP contribution is 2.32. The molecule has 1 atom stereocenters. The van der Waals surface area contributed by atoms with Crippen molar-refractivity contribution in [3.8, 4) is 0 Å². The number of carboxylic acid groups (broad SMARTS) is 1. The average Bonchev–Trinajstić information content (AvgIpc) is 3.16. The molecule has 36 heavy (non-hydrogen) atoms. The maximum absolute atomic E-state index is 13.8. The third kappa shape index (κ3) is 5.06. The normalized spacial score (nSPS) is 14.2. The molecular formula is C27H34N2O7. The highest BCUT2D eigenvalue weighted by Gasteiger charge is 2.39. The second-order valence-electron chi connectivity index (χ2n) is 9.85. The van der Waals surface area contributed by atoms with Crippen LogP contribution in [-0.4, -0.2) is 39.4 Å². The van der Waals surface area contributed by atoms with Crippen LogP contribution in [0.25, 0.3) is 5.57 Å². The van der Waals surface area contributed by atoms with Crippen LogP contribution in [0.2, 0.25) is 0 Å². The fourth-order valence-corrected chi connectivity index (χ4v) is 4.32. The second-order valence-corrected chi connectivity index (χ2v) is 9.85. The molecule has 9 nitrogen and oxygen atoms in total. The van der Waals surface area contributed by atoms with E-state index >= 15 is 0 Å². The number of allylic oxidation sites excluding steroid dienone is 1. The van der Waals surface area contributed by atoms with Gasteiger partial charge in [-0.05, 0) is 44.7 Å². The SMILES string of the molecule is CCOC(=O)C1=C(C)c2c(n(C[C@@H](OCC(C)C)c3ccccc3)c(=O)n(C(C)(C)C(=O)O)c2=O)C1. The first-order chi connectivity index (χ1) is 16.9. The Labute approximate surface area is 210 Å².